The van der Waals surface area contributed by atoms with Crippen molar-refractivity contribution in [3.8, 4) is 45.9 Å². The molecule has 5 heterocycles. The van der Waals surface area contributed by atoms with Gasteiger partial charge < -0.3 is 4.57 Å². The normalized spacial score (nSPS) is 16.3. The monoisotopic (exact) mass is 690 g/mol. The quantitative estimate of drug-likeness (QED) is 0.178. The molecule has 14 heteroatoms. The third kappa shape index (κ3) is 6.70. The molecule has 0 bridgehead atoms. The lowest BCUT2D eigenvalue weighted by Crippen LogP contribution is -2.33. The van der Waals surface area contributed by atoms with E-state index in [0.29, 0.717) is 63.9 Å². The first kappa shape index (κ1) is 33.6. The SMILES string of the molecule is C[C@H]1CCCN(Cc2cc3c(c(C(F)(F)F)c2)CN(c2cc(-c4ccc(C#N)cc4-c4nncn4C)cc(-c4cnn(CCC#N)c4)n2)C3=O)C1. The summed E-state index contributed by atoms with van der Waals surface area (Å²) >= 11 is 0. The van der Waals surface area contributed by atoms with E-state index in [1.807, 2.05) is 0 Å². The number of benzene rings is 2. The molecule has 0 spiro atoms. The van der Waals surface area contributed by atoms with E-state index in [4.69, 9.17) is 10.2 Å². The molecule has 0 aliphatic carbocycles. The van der Waals surface area contributed by atoms with Gasteiger partial charge in [0.25, 0.3) is 5.91 Å². The van der Waals surface area contributed by atoms with Gasteiger partial charge in [0.1, 0.15) is 12.1 Å². The minimum Gasteiger partial charge on any atom is -0.317 e. The van der Waals surface area contributed by atoms with Crippen molar-refractivity contribution < 1.29 is 18.0 Å². The molecule has 1 amide bonds. The lowest BCUT2D eigenvalue weighted by atomic mass is 9.96. The molecule has 0 saturated carbocycles. The molecule has 5 aromatic rings. The summed E-state index contributed by atoms with van der Waals surface area (Å²) in [5.74, 6) is 0.518. The van der Waals surface area contributed by atoms with Gasteiger partial charge in [-0.05, 0) is 84.0 Å². The van der Waals surface area contributed by atoms with Crippen molar-refractivity contribution >= 4 is 11.7 Å². The summed E-state index contributed by atoms with van der Waals surface area (Å²) in [7, 11) is 1.77. The molecule has 0 unspecified atom stereocenters. The molecule has 1 fully saturated rings. The Morgan fingerprint density at radius 3 is 2.61 bits per heavy atom. The van der Waals surface area contributed by atoms with Crippen LogP contribution in [0.5, 0.6) is 0 Å². The first-order valence-corrected chi connectivity index (χ1v) is 16.6. The number of carbonyl (C=O) groups excluding carboxylic acids is 1. The van der Waals surface area contributed by atoms with Gasteiger partial charge in [-0.1, -0.05) is 13.0 Å². The molecule has 2 aliphatic rings. The fraction of sp³-hybridized carbons (Fsp3) is 0.324. The van der Waals surface area contributed by atoms with Crippen LogP contribution in [0.2, 0.25) is 0 Å². The van der Waals surface area contributed by atoms with Crippen molar-refractivity contribution in [3.63, 3.8) is 0 Å². The predicted molar refractivity (Wildman–Crippen MR) is 181 cm³/mol. The molecular weight excluding hydrogens is 657 g/mol. The summed E-state index contributed by atoms with van der Waals surface area (Å²) in [6.07, 6.45) is 2.49. The molecular formula is C37H33F3N10O. The number of anilines is 1. The molecule has 2 aromatic carbocycles. The molecule has 1 atom stereocenters. The number of aromatic nitrogens is 6. The predicted octanol–water partition coefficient (Wildman–Crippen LogP) is 6.60. The number of pyridine rings is 1. The first-order valence-electron chi connectivity index (χ1n) is 16.6. The van der Waals surface area contributed by atoms with E-state index in [2.05, 4.69) is 39.3 Å². The highest BCUT2D eigenvalue weighted by molar-refractivity contribution is 6.10. The maximum atomic E-state index is 14.6. The Hall–Kier alpha value is -5.86. The number of piperidine rings is 1. The van der Waals surface area contributed by atoms with Crippen LogP contribution in [-0.4, -0.2) is 53.4 Å². The van der Waals surface area contributed by atoms with E-state index < -0.39 is 17.6 Å². The Labute approximate surface area is 292 Å². The summed E-state index contributed by atoms with van der Waals surface area (Å²) < 4.78 is 47.2. The first-order chi connectivity index (χ1) is 24.5. The molecule has 2 aliphatic heterocycles. The second-order valence-electron chi connectivity index (χ2n) is 13.2. The number of carbonyl (C=O) groups is 1. The maximum Gasteiger partial charge on any atom is 0.416 e. The van der Waals surface area contributed by atoms with E-state index in [-0.39, 0.29) is 29.9 Å². The number of alkyl halides is 3. The van der Waals surface area contributed by atoms with E-state index in [1.54, 1.807) is 65.1 Å². The molecule has 1 saturated heterocycles. The molecule has 258 valence electrons. The van der Waals surface area contributed by atoms with Gasteiger partial charge in [-0.3, -0.25) is 19.3 Å². The van der Waals surface area contributed by atoms with Crippen LogP contribution in [0.1, 0.15) is 58.8 Å². The van der Waals surface area contributed by atoms with E-state index in [0.717, 1.165) is 25.9 Å². The van der Waals surface area contributed by atoms with Gasteiger partial charge in [-0.2, -0.15) is 28.8 Å². The summed E-state index contributed by atoms with van der Waals surface area (Å²) in [5.41, 5.74) is 2.78. The van der Waals surface area contributed by atoms with Crippen LogP contribution < -0.4 is 4.90 Å². The minimum absolute atomic E-state index is 0.0149. The van der Waals surface area contributed by atoms with Crippen LogP contribution in [0.3, 0.4) is 0 Å². The van der Waals surface area contributed by atoms with Gasteiger partial charge >= 0.3 is 6.18 Å². The lowest BCUT2D eigenvalue weighted by molar-refractivity contribution is -0.138. The third-order valence-electron chi connectivity index (χ3n) is 9.44. The second-order valence-corrected chi connectivity index (χ2v) is 13.2. The molecule has 0 N–H and O–H groups in total. The van der Waals surface area contributed by atoms with E-state index in [9.17, 15) is 23.2 Å². The van der Waals surface area contributed by atoms with Crippen molar-refractivity contribution in [3.05, 3.63) is 89.0 Å². The highest BCUT2D eigenvalue weighted by atomic mass is 19.4. The zero-order chi connectivity index (χ0) is 35.9. The Bertz CT molecular complexity index is 2220. The number of nitriles is 2. The summed E-state index contributed by atoms with van der Waals surface area (Å²) in [6.45, 7) is 4.08. The van der Waals surface area contributed by atoms with Crippen molar-refractivity contribution in [1.29, 1.82) is 10.5 Å². The number of halogens is 3. The number of hydrogen-bond donors (Lipinski definition) is 0. The number of rotatable bonds is 8. The number of aryl methyl sites for hydroxylation is 2. The van der Waals surface area contributed by atoms with Crippen LogP contribution in [0.25, 0.3) is 33.8 Å². The summed E-state index contributed by atoms with van der Waals surface area (Å²) in [5, 5.41) is 31.4. The van der Waals surface area contributed by atoms with Crippen LogP contribution in [0, 0.1) is 28.6 Å². The number of amides is 1. The summed E-state index contributed by atoms with van der Waals surface area (Å²) in [6, 6.07) is 15.6. The van der Waals surface area contributed by atoms with Crippen molar-refractivity contribution in [2.24, 2.45) is 13.0 Å². The number of fused-ring (bicyclic) bond motifs is 1. The molecule has 3 aromatic heterocycles. The third-order valence-corrected chi connectivity index (χ3v) is 9.44. The van der Waals surface area contributed by atoms with Gasteiger partial charge in [0, 0.05) is 43.0 Å². The Morgan fingerprint density at radius 1 is 1.04 bits per heavy atom. The molecule has 11 nitrogen and oxygen atoms in total. The zero-order valence-electron chi connectivity index (χ0n) is 28.0. The average Bonchev–Trinajstić information content (AvgIpc) is 3.85. The smallest absolute Gasteiger partial charge is 0.317 e. The fourth-order valence-corrected chi connectivity index (χ4v) is 7.00. The largest absolute Gasteiger partial charge is 0.416 e. The zero-order valence-corrected chi connectivity index (χ0v) is 28.0. The standard InChI is InChI=1S/C37H33F3N10O/c1-23-5-3-9-48(18-23)19-25-12-30-31(32(13-25)37(38,39)40)21-50(36(30)51)34-15-26(14-33(45-34)27-17-44-49(20-27)10-4-8-41)28-7-6-24(16-42)11-29(28)35-46-43-22-47(35)2/h6-7,11-15,17,20,22-23H,3-5,9-10,18-19,21H2,1-2H3/t23-/m0/s1. The highest BCUT2D eigenvalue weighted by Gasteiger charge is 2.41. The minimum atomic E-state index is -4.67. The molecule has 0 radical (unpaired) electrons. The maximum absolute atomic E-state index is 14.6. The van der Waals surface area contributed by atoms with Gasteiger partial charge in [0.15, 0.2) is 5.82 Å². The second kappa shape index (κ2) is 13.5. The van der Waals surface area contributed by atoms with Crippen LogP contribution >= 0.6 is 0 Å². The van der Waals surface area contributed by atoms with Crippen LogP contribution in [-0.2, 0) is 32.9 Å². The topological polar surface area (TPSA) is 133 Å². The fourth-order valence-electron chi connectivity index (χ4n) is 7.00. The van der Waals surface area contributed by atoms with Gasteiger partial charge in [0.2, 0.25) is 0 Å². The molecule has 7 rings (SSSR count). The van der Waals surface area contributed by atoms with E-state index in [1.165, 1.54) is 17.3 Å². The van der Waals surface area contributed by atoms with Crippen molar-refractivity contribution in [2.75, 3.05) is 18.0 Å². The summed E-state index contributed by atoms with van der Waals surface area (Å²) in [4.78, 5) is 22.4. The van der Waals surface area contributed by atoms with E-state index >= 15 is 0 Å². The lowest BCUT2D eigenvalue weighted by Gasteiger charge is -2.31. The number of likely N-dealkylation sites (tertiary alicyclic amines) is 1. The highest BCUT2D eigenvalue weighted by Crippen LogP contribution is 2.41. The Kier molecular flexibility index (Phi) is 8.87. The van der Waals surface area contributed by atoms with Gasteiger partial charge in [0.05, 0.1) is 54.7 Å². The number of nitrogens with zero attached hydrogens (tertiary/aromatic N) is 10. The average molecular weight is 691 g/mol. The Morgan fingerprint density at radius 2 is 1.88 bits per heavy atom. The van der Waals surface area contributed by atoms with Crippen LogP contribution in [0.15, 0.2) is 61.2 Å². The van der Waals surface area contributed by atoms with Gasteiger partial charge in [-0.25, -0.2) is 4.98 Å². The van der Waals surface area contributed by atoms with Gasteiger partial charge in [-0.15, -0.1) is 10.2 Å². The Balaban J connectivity index is 1.35. The van der Waals surface area contributed by atoms with Crippen molar-refractivity contribution in [1.82, 2.24) is 34.4 Å². The number of hydrogen-bond acceptors (Lipinski definition) is 8. The van der Waals surface area contributed by atoms with Crippen LogP contribution in [0.4, 0.5) is 19.0 Å². The van der Waals surface area contributed by atoms with Crippen molar-refractivity contribution in [2.45, 2.75) is 52.0 Å². The molecule has 51 heavy (non-hydrogen) atoms.